The van der Waals surface area contributed by atoms with Crippen LogP contribution in [0.2, 0.25) is 0 Å². The second kappa shape index (κ2) is 12.3. The van der Waals surface area contributed by atoms with Crippen molar-refractivity contribution in [3.8, 4) is 0 Å². The molecule has 14 heteroatoms. The maximum Gasteiger partial charge on any atom is 0.460 e. The number of halogens is 8. The first-order valence-electron chi connectivity index (χ1n) is 10.8. The second-order valence-corrected chi connectivity index (χ2v) is 7.79. The van der Waals surface area contributed by atoms with E-state index in [0.29, 0.717) is 30.6 Å². The zero-order chi connectivity index (χ0) is 27.9. The number of nitrogens with two attached hydrogens (primary N) is 1. The van der Waals surface area contributed by atoms with Gasteiger partial charge in [0.1, 0.15) is 12.4 Å². The fraction of sp³-hybridized carbons (Fsp3) is 0.545. The molecule has 0 unspecified atom stereocenters. The zero-order valence-corrected chi connectivity index (χ0v) is 20.1. The minimum Gasteiger partial charge on any atom is -0.397 e. The molecule has 36 heavy (non-hydrogen) atoms. The van der Waals surface area contributed by atoms with Crippen molar-refractivity contribution in [3.05, 3.63) is 48.1 Å². The van der Waals surface area contributed by atoms with E-state index >= 15 is 0 Å². The fourth-order valence-electron chi connectivity index (χ4n) is 3.20. The van der Waals surface area contributed by atoms with E-state index in [1.165, 1.54) is 11.0 Å². The van der Waals surface area contributed by atoms with E-state index in [4.69, 9.17) is 5.73 Å². The Balaban J connectivity index is 2.99. The lowest BCUT2D eigenvalue weighted by atomic mass is 10.0. The number of rotatable bonds is 10. The van der Waals surface area contributed by atoms with Gasteiger partial charge in [0, 0.05) is 38.9 Å². The van der Waals surface area contributed by atoms with Crippen molar-refractivity contribution in [2.45, 2.75) is 38.3 Å². The van der Waals surface area contributed by atoms with Gasteiger partial charge in [-0.2, -0.15) is 35.8 Å². The summed E-state index contributed by atoms with van der Waals surface area (Å²) >= 11 is 0. The monoisotopic (exact) mass is 531 g/mol. The van der Waals surface area contributed by atoms with E-state index in [2.05, 4.69) is 11.7 Å². The van der Waals surface area contributed by atoms with Crippen LogP contribution in [0.15, 0.2) is 53.2 Å². The van der Waals surface area contributed by atoms with Crippen LogP contribution >= 0.6 is 0 Å². The summed E-state index contributed by atoms with van der Waals surface area (Å²) in [4.78, 5) is 15.9. The Morgan fingerprint density at radius 3 is 2.03 bits per heavy atom. The molecule has 204 valence electrons. The Bertz CT molecular complexity index is 916. The van der Waals surface area contributed by atoms with Crippen LogP contribution < -0.4 is 5.73 Å². The molecule has 1 aliphatic rings. The van der Waals surface area contributed by atoms with Crippen LogP contribution in [0.5, 0.6) is 0 Å². The molecule has 0 aromatic rings. The van der Waals surface area contributed by atoms with Crippen LogP contribution in [0.3, 0.4) is 0 Å². The summed E-state index contributed by atoms with van der Waals surface area (Å²) in [5.74, 6) is -13.4. The molecule has 0 saturated carbocycles. The molecule has 0 spiro atoms. The number of likely N-dealkylation sites (N-methyl/N-ethyl adjacent to an activating group) is 1. The van der Waals surface area contributed by atoms with Crippen molar-refractivity contribution in [2.75, 3.05) is 39.8 Å². The topological polar surface area (TPSA) is 65.2 Å². The van der Waals surface area contributed by atoms with Crippen molar-refractivity contribution < 1.29 is 39.9 Å². The van der Waals surface area contributed by atoms with Crippen molar-refractivity contribution in [1.82, 2.24) is 14.8 Å². The van der Waals surface area contributed by atoms with Crippen LogP contribution in [0.25, 0.3) is 0 Å². The zero-order valence-electron chi connectivity index (χ0n) is 20.1. The largest absolute Gasteiger partial charge is 0.460 e. The number of hydrazone groups is 1. The number of nitrogens with zero attached hydrogens (tertiary/aromatic N) is 4. The summed E-state index contributed by atoms with van der Waals surface area (Å²) in [7, 11) is 0.970. The number of hydrogen-bond acceptors (Lipinski definition) is 5. The number of carbonyl (C=O) groups is 1. The van der Waals surface area contributed by atoms with Crippen molar-refractivity contribution in [3.63, 3.8) is 0 Å². The minimum atomic E-state index is -6.57. The quantitative estimate of drug-likeness (QED) is 0.196. The summed E-state index contributed by atoms with van der Waals surface area (Å²) in [6.07, 6.45) is -1.40. The third kappa shape index (κ3) is 7.23. The van der Waals surface area contributed by atoms with Gasteiger partial charge in [-0.15, -0.1) is 0 Å². The highest BCUT2D eigenvalue weighted by atomic mass is 19.4. The van der Waals surface area contributed by atoms with Crippen LogP contribution in [0, 0.1) is 0 Å². The van der Waals surface area contributed by atoms with Gasteiger partial charge in [-0.05, 0) is 31.6 Å². The Morgan fingerprint density at radius 2 is 1.58 bits per heavy atom. The number of alkyl halides is 7. The van der Waals surface area contributed by atoms with Gasteiger partial charge in [-0.3, -0.25) is 9.80 Å². The molecular formula is C22H29F8N5O. The molecule has 2 N–H and O–H groups in total. The molecule has 1 heterocycles. The summed E-state index contributed by atoms with van der Waals surface area (Å²) < 4.78 is 107. The first-order chi connectivity index (χ1) is 16.5. The summed E-state index contributed by atoms with van der Waals surface area (Å²) in [5, 5.41) is 3.68. The SMILES string of the molecule is C=C/C(F)=C\C=C(/CC)N1CCN(C(=O)CN(C)/N=C(\C(N)=C\C)C(F)(F)C(F)(F)C(F)(F)F)CC1. The third-order valence-electron chi connectivity index (χ3n) is 5.30. The predicted octanol–water partition coefficient (Wildman–Crippen LogP) is 4.45. The summed E-state index contributed by atoms with van der Waals surface area (Å²) in [6.45, 7) is 6.69. The van der Waals surface area contributed by atoms with Crippen LogP contribution in [-0.2, 0) is 4.79 Å². The minimum absolute atomic E-state index is 0.202. The first-order valence-corrected chi connectivity index (χ1v) is 10.8. The average Bonchev–Trinajstić information content (AvgIpc) is 2.81. The van der Waals surface area contributed by atoms with Gasteiger partial charge in [-0.25, -0.2) is 4.39 Å². The number of hydrogen-bond donors (Lipinski definition) is 1. The fourth-order valence-corrected chi connectivity index (χ4v) is 3.20. The first kappa shape index (κ1) is 31.0. The molecule has 0 radical (unpaired) electrons. The van der Waals surface area contributed by atoms with Gasteiger partial charge < -0.3 is 15.5 Å². The van der Waals surface area contributed by atoms with E-state index in [1.807, 2.05) is 11.8 Å². The molecular weight excluding hydrogens is 502 g/mol. The Morgan fingerprint density at radius 1 is 1.06 bits per heavy atom. The molecule has 0 atom stereocenters. The Hall–Kier alpha value is -3.06. The van der Waals surface area contributed by atoms with E-state index in [9.17, 15) is 39.9 Å². The molecule has 0 aliphatic carbocycles. The number of piperazine rings is 1. The van der Waals surface area contributed by atoms with E-state index in [0.717, 1.165) is 25.7 Å². The average molecular weight is 531 g/mol. The van der Waals surface area contributed by atoms with Crippen molar-refractivity contribution in [1.29, 1.82) is 0 Å². The van der Waals surface area contributed by atoms with Crippen LogP contribution in [0.4, 0.5) is 35.1 Å². The lowest BCUT2D eigenvalue weighted by Crippen LogP contribution is -2.57. The smallest absolute Gasteiger partial charge is 0.397 e. The van der Waals surface area contributed by atoms with Gasteiger partial charge >= 0.3 is 18.0 Å². The molecule has 1 amide bonds. The highest BCUT2D eigenvalue weighted by Crippen LogP contribution is 2.47. The highest BCUT2D eigenvalue weighted by molar-refractivity contribution is 6.05. The van der Waals surface area contributed by atoms with Gasteiger partial charge in [-0.1, -0.05) is 19.6 Å². The lowest BCUT2D eigenvalue weighted by molar-refractivity contribution is -0.336. The van der Waals surface area contributed by atoms with E-state index < -0.39 is 47.7 Å². The standard InChI is InChI=1S/C22H29F8N5O/c1-5-15(23)8-9-16(6-2)34-10-12-35(13-11-34)18(36)14-33(4)32-19(17(31)7-3)20(24,25)21(26,27)22(28,29)30/h5,7-9H,1,6,10-14,31H2,2-4H3/b15-8+,16-9+,17-7-,32-19+. The number of amides is 1. The Kier molecular flexibility index (Phi) is 10.5. The van der Waals surface area contributed by atoms with Gasteiger partial charge in [0.05, 0.1) is 5.70 Å². The van der Waals surface area contributed by atoms with Crippen LogP contribution in [-0.4, -0.2) is 84.2 Å². The van der Waals surface area contributed by atoms with Gasteiger partial charge in [0.2, 0.25) is 5.91 Å². The number of carbonyl (C=O) groups excluding carboxylic acids is 1. The van der Waals surface area contributed by atoms with Crippen molar-refractivity contribution in [2.24, 2.45) is 10.8 Å². The molecule has 6 nitrogen and oxygen atoms in total. The molecule has 1 fully saturated rings. The van der Waals surface area contributed by atoms with Crippen LogP contribution in [0.1, 0.15) is 20.3 Å². The molecule has 0 aromatic carbocycles. The lowest BCUT2D eigenvalue weighted by Gasteiger charge is -2.37. The molecule has 1 rings (SSSR count). The summed E-state index contributed by atoms with van der Waals surface area (Å²) in [6, 6.07) is 0. The maximum atomic E-state index is 14.3. The Labute approximate surface area is 204 Å². The van der Waals surface area contributed by atoms with Crippen molar-refractivity contribution >= 4 is 11.6 Å². The third-order valence-corrected chi connectivity index (χ3v) is 5.30. The maximum absolute atomic E-state index is 14.3. The number of allylic oxidation sites excluding steroid dienone is 7. The van der Waals surface area contributed by atoms with Gasteiger partial charge in [0.15, 0.2) is 5.71 Å². The molecule has 0 aromatic heterocycles. The van der Waals surface area contributed by atoms with Gasteiger partial charge in [0.25, 0.3) is 0 Å². The predicted molar refractivity (Wildman–Crippen MR) is 120 cm³/mol. The highest BCUT2D eigenvalue weighted by Gasteiger charge is 2.75. The summed E-state index contributed by atoms with van der Waals surface area (Å²) in [5.41, 5.74) is 2.95. The molecule has 1 aliphatic heterocycles. The second-order valence-electron chi connectivity index (χ2n) is 7.79. The molecule has 1 saturated heterocycles. The normalized spacial score (nSPS) is 17.4. The van der Waals surface area contributed by atoms with E-state index in [-0.39, 0.29) is 13.1 Å². The molecule has 0 bridgehead atoms. The van der Waals surface area contributed by atoms with E-state index in [1.54, 1.807) is 6.08 Å².